The number of halogens is 3. The van der Waals surface area contributed by atoms with Crippen molar-refractivity contribution in [1.82, 2.24) is 14.9 Å². The monoisotopic (exact) mass is 582 g/mol. The van der Waals surface area contributed by atoms with Gasteiger partial charge in [0.05, 0.1) is 14.8 Å². The first-order chi connectivity index (χ1) is 11.5. The predicted molar refractivity (Wildman–Crippen MR) is 114 cm³/mol. The number of benzene rings is 2. The van der Waals surface area contributed by atoms with E-state index in [1.807, 2.05) is 30.3 Å². The Balaban J connectivity index is 2.08. The number of phenolic OH excluding ortho intramolecular Hbond substituents is 1. The van der Waals surface area contributed by atoms with Crippen LogP contribution in [0.5, 0.6) is 5.75 Å². The summed E-state index contributed by atoms with van der Waals surface area (Å²) in [7, 11) is 0. The molecule has 5 nitrogen and oxygen atoms in total. The van der Waals surface area contributed by atoms with Gasteiger partial charge in [-0.25, -0.2) is 5.10 Å². The van der Waals surface area contributed by atoms with E-state index in [9.17, 15) is 5.11 Å². The quantitative estimate of drug-likeness (QED) is 0.258. The van der Waals surface area contributed by atoms with Crippen molar-refractivity contribution in [2.75, 3.05) is 0 Å². The molecule has 0 amide bonds. The molecule has 24 heavy (non-hydrogen) atoms. The maximum atomic E-state index is 10.2. The highest BCUT2D eigenvalue weighted by Crippen LogP contribution is 2.27. The number of nitrogens with zero attached hydrogens (tertiary/aromatic N) is 3. The SMILES string of the molecule is Oc1c(I)cc(I)cc1/C=N\n1c(-c2ccccc2Cl)n[nH]c1=S. The maximum Gasteiger partial charge on any atom is 0.216 e. The van der Waals surface area contributed by atoms with Gasteiger partial charge in [0.1, 0.15) is 5.75 Å². The zero-order valence-corrected chi connectivity index (χ0v) is 17.8. The molecule has 0 radical (unpaired) electrons. The Kier molecular flexibility index (Phi) is 5.57. The van der Waals surface area contributed by atoms with Gasteiger partial charge in [-0.1, -0.05) is 23.7 Å². The predicted octanol–water partition coefficient (Wildman–Crippen LogP) is 5.06. The average Bonchev–Trinajstić information content (AvgIpc) is 2.90. The smallest absolute Gasteiger partial charge is 0.216 e. The summed E-state index contributed by atoms with van der Waals surface area (Å²) in [5, 5.41) is 22.0. The van der Waals surface area contributed by atoms with E-state index >= 15 is 0 Å². The van der Waals surface area contributed by atoms with E-state index in [0.717, 1.165) is 7.14 Å². The van der Waals surface area contributed by atoms with E-state index in [1.54, 1.807) is 12.3 Å². The van der Waals surface area contributed by atoms with E-state index in [1.165, 1.54) is 4.68 Å². The lowest BCUT2D eigenvalue weighted by molar-refractivity contribution is 0.470. The minimum atomic E-state index is 0.175. The van der Waals surface area contributed by atoms with Crippen LogP contribution >= 0.6 is 69.0 Å². The molecule has 0 unspecified atom stereocenters. The standard InChI is InChI=1S/C15H9ClI2N4OS/c16-11-4-2-1-3-10(11)14-20-21-15(24)22(14)19-7-8-5-9(17)6-12(18)13(8)23/h1-7,23H,(H,21,24)/b19-7-. The summed E-state index contributed by atoms with van der Waals surface area (Å²) in [6, 6.07) is 11.0. The van der Waals surface area contributed by atoms with Crippen LogP contribution in [-0.4, -0.2) is 26.2 Å². The fourth-order valence-electron chi connectivity index (χ4n) is 2.02. The molecule has 0 aliphatic rings. The van der Waals surface area contributed by atoms with Gasteiger partial charge in [-0.3, -0.25) is 0 Å². The number of aromatic amines is 1. The number of phenols is 1. The van der Waals surface area contributed by atoms with Crippen molar-refractivity contribution >= 4 is 75.2 Å². The largest absolute Gasteiger partial charge is 0.506 e. The second-order valence-corrected chi connectivity index (χ2v) is 7.92. The fraction of sp³-hybridized carbons (Fsp3) is 0. The van der Waals surface area contributed by atoms with Crippen molar-refractivity contribution in [2.45, 2.75) is 0 Å². The Bertz CT molecular complexity index is 999. The zero-order chi connectivity index (χ0) is 17.3. The number of hydrogen-bond acceptors (Lipinski definition) is 4. The number of aromatic hydroxyl groups is 1. The summed E-state index contributed by atoms with van der Waals surface area (Å²) >= 11 is 15.7. The van der Waals surface area contributed by atoms with Crippen LogP contribution in [0.2, 0.25) is 5.02 Å². The van der Waals surface area contributed by atoms with Crippen LogP contribution in [0.4, 0.5) is 0 Å². The van der Waals surface area contributed by atoms with Crippen molar-refractivity contribution in [3.63, 3.8) is 0 Å². The molecule has 0 bridgehead atoms. The molecule has 0 spiro atoms. The zero-order valence-electron chi connectivity index (χ0n) is 11.9. The van der Waals surface area contributed by atoms with Crippen molar-refractivity contribution in [3.05, 3.63) is 58.9 Å². The summed E-state index contributed by atoms with van der Waals surface area (Å²) in [6.07, 6.45) is 1.55. The van der Waals surface area contributed by atoms with Crippen molar-refractivity contribution < 1.29 is 5.11 Å². The molecule has 2 aromatic carbocycles. The van der Waals surface area contributed by atoms with E-state index < -0.39 is 0 Å². The maximum absolute atomic E-state index is 10.2. The number of aromatic nitrogens is 3. The highest BCUT2D eigenvalue weighted by atomic mass is 127. The summed E-state index contributed by atoms with van der Waals surface area (Å²) in [5.74, 6) is 0.677. The number of H-pyrrole nitrogens is 1. The van der Waals surface area contributed by atoms with E-state index in [4.69, 9.17) is 23.8 Å². The Morgan fingerprint density at radius 3 is 2.79 bits per heavy atom. The van der Waals surface area contributed by atoms with Gasteiger partial charge in [0.15, 0.2) is 5.82 Å². The molecule has 0 saturated heterocycles. The summed E-state index contributed by atoms with van der Waals surface area (Å²) in [5.41, 5.74) is 1.31. The molecular weight excluding hydrogens is 574 g/mol. The van der Waals surface area contributed by atoms with E-state index in [2.05, 4.69) is 60.5 Å². The van der Waals surface area contributed by atoms with Crippen molar-refractivity contribution in [2.24, 2.45) is 5.10 Å². The van der Waals surface area contributed by atoms with Crippen molar-refractivity contribution in [1.29, 1.82) is 0 Å². The van der Waals surface area contributed by atoms with E-state index in [-0.39, 0.29) is 5.75 Å². The van der Waals surface area contributed by atoms with Gasteiger partial charge in [-0.15, -0.1) is 0 Å². The molecule has 0 aliphatic heterocycles. The average molecular weight is 583 g/mol. The summed E-state index contributed by atoms with van der Waals surface area (Å²) in [6.45, 7) is 0. The Labute approximate surface area is 175 Å². The second-order valence-electron chi connectivity index (χ2n) is 4.71. The van der Waals surface area contributed by atoms with Crippen LogP contribution in [0.1, 0.15) is 5.56 Å². The molecule has 2 N–H and O–H groups in total. The number of nitrogens with one attached hydrogen (secondary N) is 1. The van der Waals surface area contributed by atoms with Crippen LogP contribution < -0.4 is 0 Å². The topological polar surface area (TPSA) is 66.2 Å². The molecular formula is C15H9ClI2N4OS. The second kappa shape index (κ2) is 7.50. The summed E-state index contributed by atoms with van der Waals surface area (Å²) < 4.78 is 3.56. The van der Waals surface area contributed by atoms with Gasteiger partial charge < -0.3 is 5.11 Å². The van der Waals surface area contributed by atoms with Gasteiger partial charge in [0.25, 0.3) is 0 Å². The minimum absolute atomic E-state index is 0.175. The van der Waals surface area contributed by atoms with Gasteiger partial charge in [0, 0.05) is 14.7 Å². The molecule has 0 fully saturated rings. The molecule has 3 aromatic rings. The molecule has 1 heterocycles. The van der Waals surface area contributed by atoms with Gasteiger partial charge in [-0.05, 0) is 81.7 Å². The molecule has 9 heteroatoms. The molecule has 0 saturated carbocycles. The lowest BCUT2D eigenvalue weighted by atomic mass is 10.2. The number of rotatable bonds is 3. The van der Waals surface area contributed by atoms with Crippen LogP contribution in [0, 0.1) is 11.9 Å². The molecule has 0 aliphatic carbocycles. The molecule has 0 atom stereocenters. The normalized spacial score (nSPS) is 11.3. The Morgan fingerprint density at radius 1 is 1.29 bits per heavy atom. The first-order valence-electron chi connectivity index (χ1n) is 6.62. The van der Waals surface area contributed by atoms with Crippen LogP contribution in [0.25, 0.3) is 11.4 Å². The lowest BCUT2D eigenvalue weighted by Crippen LogP contribution is -1.96. The third-order valence-electron chi connectivity index (χ3n) is 3.14. The third-order valence-corrected chi connectivity index (χ3v) is 5.17. The van der Waals surface area contributed by atoms with Gasteiger partial charge >= 0.3 is 0 Å². The first kappa shape index (κ1) is 17.8. The molecule has 3 rings (SSSR count). The van der Waals surface area contributed by atoms with Crippen LogP contribution in [0.15, 0.2) is 41.5 Å². The Hall–Kier alpha value is -0.980. The van der Waals surface area contributed by atoms with E-state index in [0.29, 0.717) is 26.7 Å². The fourth-order valence-corrected chi connectivity index (χ4v) is 4.31. The first-order valence-corrected chi connectivity index (χ1v) is 9.56. The molecule has 1 aromatic heterocycles. The highest BCUT2D eigenvalue weighted by Gasteiger charge is 2.12. The van der Waals surface area contributed by atoms with Crippen LogP contribution in [0.3, 0.4) is 0 Å². The highest BCUT2D eigenvalue weighted by molar-refractivity contribution is 14.1. The third kappa shape index (κ3) is 3.65. The Morgan fingerprint density at radius 2 is 2.04 bits per heavy atom. The molecule has 122 valence electrons. The lowest BCUT2D eigenvalue weighted by Gasteiger charge is -2.05. The number of hydrogen-bond donors (Lipinski definition) is 2. The summed E-state index contributed by atoms with van der Waals surface area (Å²) in [4.78, 5) is 0. The minimum Gasteiger partial charge on any atom is -0.506 e. The van der Waals surface area contributed by atoms with Crippen LogP contribution in [-0.2, 0) is 0 Å². The van der Waals surface area contributed by atoms with Gasteiger partial charge in [-0.2, -0.15) is 14.9 Å². The van der Waals surface area contributed by atoms with Crippen molar-refractivity contribution in [3.8, 4) is 17.1 Å². The van der Waals surface area contributed by atoms with Gasteiger partial charge in [0.2, 0.25) is 4.77 Å².